The Kier molecular flexibility index (Phi) is 3.80. The minimum absolute atomic E-state index is 0.990. The van der Waals surface area contributed by atoms with E-state index in [4.69, 9.17) is 0 Å². The maximum Gasteiger partial charge on any atom is 0.0922 e. The summed E-state index contributed by atoms with van der Waals surface area (Å²) in [6, 6.07) is 0. The standard InChI is InChI=1S/C9H17N3/c1-3-5-12(4-2)7-9-6-10-8-11-9/h6,8H,3-5,7H2,1-2H3,(H,10,11). The van der Waals surface area contributed by atoms with Gasteiger partial charge in [0.2, 0.25) is 0 Å². The van der Waals surface area contributed by atoms with E-state index in [1.807, 2.05) is 6.20 Å². The number of nitrogens with zero attached hydrogens (tertiary/aromatic N) is 2. The normalized spacial score (nSPS) is 10.9. The van der Waals surface area contributed by atoms with Gasteiger partial charge in [-0.05, 0) is 19.5 Å². The molecule has 0 saturated heterocycles. The highest BCUT2D eigenvalue weighted by molar-refractivity contribution is 4.93. The van der Waals surface area contributed by atoms with Crippen LogP contribution in [0, 0.1) is 0 Å². The van der Waals surface area contributed by atoms with E-state index < -0.39 is 0 Å². The molecule has 0 aromatic carbocycles. The average Bonchev–Trinajstić information content (AvgIpc) is 2.56. The Balaban J connectivity index is 2.37. The first-order chi connectivity index (χ1) is 5.86. The number of hydrogen-bond acceptors (Lipinski definition) is 2. The lowest BCUT2D eigenvalue weighted by atomic mass is 10.3. The molecule has 0 aliphatic heterocycles. The van der Waals surface area contributed by atoms with Crippen LogP contribution >= 0.6 is 0 Å². The molecule has 1 aromatic heterocycles. The first kappa shape index (κ1) is 9.26. The van der Waals surface area contributed by atoms with E-state index in [0.29, 0.717) is 0 Å². The van der Waals surface area contributed by atoms with Gasteiger partial charge < -0.3 is 4.98 Å². The van der Waals surface area contributed by atoms with Gasteiger partial charge in [0.1, 0.15) is 0 Å². The van der Waals surface area contributed by atoms with Crippen molar-refractivity contribution in [3.63, 3.8) is 0 Å². The van der Waals surface area contributed by atoms with Crippen LogP contribution in [0.3, 0.4) is 0 Å². The molecule has 0 fully saturated rings. The second-order valence-electron chi connectivity index (χ2n) is 2.95. The van der Waals surface area contributed by atoms with E-state index in [-0.39, 0.29) is 0 Å². The number of rotatable bonds is 5. The van der Waals surface area contributed by atoms with Crippen LogP contribution in [0.4, 0.5) is 0 Å². The monoisotopic (exact) mass is 167 g/mol. The Morgan fingerprint density at radius 3 is 2.83 bits per heavy atom. The number of nitrogens with one attached hydrogen (secondary N) is 1. The van der Waals surface area contributed by atoms with Crippen LogP contribution in [0.2, 0.25) is 0 Å². The van der Waals surface area contributed by atoms with Crippen LogP contribution in [0.25, 0.3) is 0 Å². The SMILES string of the molecule is CCCN(CC)Cc1cnc[nH]1. The summed E-state index contributed by atoms with van der Waals surface area (Å²) in [5, 5.41) is 0. The van der Waals surface area contributed by atoms with Gasteiger partial charge >= 0.3 is 0 Å². The maximum atomic E-state index is 3.99. The van der Waals surface area contributed by atoms with Crippen molar-refractivity contribution >= 4 is 0 Å². The summed E-state index contributed by atoms with van der Waals surface area (Å²) in [5.74, 6) is 0. The van der Waals surface area contributed by atoms with Crippen molar-refractivity contribution in [2.24, 2.45) is 0 Å². The van der Waals surface area contributed by atoms with Gasteiger partial charge in [0.25, 0.3) is 0 Å². The fourth-order valence-electron chi connectivity index (χ4n) is 1.28. The third-order valence-electron chi connectivity index (χ3n) is 1.94. The van der Waals surface area contributed by atoms with E-state index in [1.54, 1.807) is 6.33 Å². The smallest absolute Gasteiger partial charge is 0.0922 e. The summed E-state index contributed by atoms with van der Waals surface area (Å²) < 4.78 is 0. The zero-order valence-corrected chi connectivity index (χ0v) is 7.88. The summed E-state index contributed by atoms with van der Waals surface area (Å²) in [4.78, 5) is 9.49. The second kappa shape index (κ2) is 4.93. The van der Waals surface area contributed by atoms with Gasteiger partial charge in [0, 0.05) is 18.4 Å². The third-order valence-corrected chi connectivity index (χ3v) is 1.94. The molecule has 0 unspecified atom stereocenters. The van der Waals surface area contributed by atoms with Gasteiger partial charge in [-0.3, -0.25) is 4.90 Å². The van der Waals surface area contributed by atoms with Gasteiger partial charge in [-0.2, -0.15) is 0 Å². The minimum Gasteiger partial charge on any atom is -0.347 e. The molecular weight excluding hydrogens is 150 g/mol. The van der Waals surface area contributed by atoms with Crippen LogP contribution < -0.4 is 0 Å². The minimum atomic E-state index is 0.990. The Morgan fingerprint density at radius 1 is 1.50 bits per heavy atom. The lowest BCUT2D eigenvalue weighted by Gasteiger charge is -2.17. The van der Waals surface area contributed by atoms with Crippen molar-refractivity contribution in [3.05, 3.63) is 18.2 Å². The molecule has 0 spiro atoms. The zero-order chi connectivity index (χ0) is 8.81. The molecule has 0 saturated carbocycles. The van der Waals surface area contributed by atoms with Crippen molar-refractivity contribution in [2.75, 3.05) is 13.1 Å². The molecule has 68 valence electrons. The van der Waals surface area contributed by atoms with Crippen molar-refractivity contribution < 1.29 is 0 Å². The topological polar surface area (TPSA) is 31.9 Å². The van der Waals surface area contributed by atoms with Crippen LogP contribution in [0.5, 0.6) is 0 Å². The molecule has 0 aliphatic rings. The van der Waals surface area contributed by atoms with Crippen molar-refractivity contribution in [2.45, 2.75) is 26.8 Å². The van der Waals surface area contributed by atoms with Crippen molar-refractivity contribution in [1.82, 2.24) is 14.9 Å². The highest BCUT2D eigenvalue weighted by atomic mass is 15.1. The number of aromatic nitrogens is 2. The predicted molar refractivity (Wildman–Crippen MR) is 49.8 cm³/mol. The molecule has 12 heavy (non-hydrogen) atoms. The average molecular weight is 167 g/mol. The second-order valence-corrected chi connectivity index (χ2v) is 2.95. The number of H-pyrrole nitrogens is 1. The first-order valence-corrected chi connectivity index (χ1v) is 4.56. The van der Waals surface area contributed by atoms with Crippen LogP contribution in [-0.4, -0.2) is 28.0 Å². The molecule has 0 radical (unpaired) electrons. The summed E-state index contributed by atoms with van der Waals surface area (Å²) in [6.07, 6.45) is 4.83. The van der Waals surface area contributed by atoms with Crippen LogP contribution in [0.15, 0.2) is 12.5 Å². The van der Waals surface area contributed by atoms with E-state index in [0.717, 1.165) is 19.6 Å². The van der Waals surface area contributed by atoms with Gasteiger partial charge in [0.05, 0.1) is 6.33 Å². The van der Waals surface area contributed by atoms with Crippen molar-refractivity contribution in [1.29, 1.82) is 0 Å². The van der Waals surface area contributed by atoms with Gasteiger partial charge in [-0.25, -0.2) is 4.98 Å². The van der Waals surface area contributed by atoms with Crippen molar-refractivity contribution in [3.8, 4) is 0 Å². The zero-order valence-electron chi connectivity index (χ0n) is 7.88. The molecule has 0 amide bonds. The fraction of sp³-hybridized carbons (Fsp3) is 0.667. The Bertz CT molecular complexity index is 194. The summed E-state index contributed by atoms with van der Waals surface area (Å²) >= 11 is 0. The molecule has 0 aliphatic carbocycles. The van der Waals surface area contributed by atoms with Gasteiger partial charge in [0.15, 0.2) is 0 Å². The van der Waals surface area contributed by atoms with Crippen LogP contribution in [-0.2, 0) is 6.54 Å². The highest BCUT2D eigenvalue weighted by Gasteiger charge is 2.01. The maximum absolute atomic E-state index is 3.99. The molecule has 0 atom stereocenters. The third kappa shape index (κ3) is 2.66. The van der Waals surface area contributed by atoms with E-state index in [1.165, 1.54) is 12.1 Å². The molecule has 3 nitrogen and oxygen atoms in total. The van der Waals surface area contributed by atoms with E-state index in [2.05, 4.69) is 28.7 Å². The van der Waals surface area contributed by atoms with E-state index >= 15 is 0 Å². The molecule has 1 N–H and O–H groups in total. The van der Waals surface area contributed by atoms with Gasteiger partial charge in [-0.1, -0.05) is 13.8 Å². The Morgan fingerprint density at radius 2 is 2.33 bits per heavy atom. The van der Waals surface area contributed by atoms with E-state index in [9.17, 15) is 0 Å². The predicted octanol–water partition coefficient (Wildman–Crippen LogP) is 1.64. The molecule has 1 heterocycles. The number of aromatic amines is 1. The molecule has 3 heteroatoms. The Hall–Kier alpha value is -0.830. The lowest BCUT2D eigenvalue weighted by molar-refractivity contribution is 0.278. The first-order valence-electron chi connectivity index (χ1n) is 4.56. The number of hydrogen-bond donors (Lipinski definition) is 1. The number of imidazole rings is 1. The lowest BCUT2D eigenvalue weighted by Crippen LogP contribution is -2.23. The van der Waals surface area contributed by atoms with Crippen LogP contribution in [0.1, 0.15) is 26.0 Å². The van der Waals surface area contributed by atoms with Gasteiger partial charge in [-0.15, -0.1) is 0 Å². The largest absolute Gasteiger partial charge is 0.347 e. The summed E-state index contributed by atoms with van der Waals surface area (Å²) in [5.41, 5.74) is 1.20. The highest BCUT2D eigenvalue weighted by Crippen LogP contribution is 1.99. The fourth-order valence-corrected chi connectivity index (χ4v) is 1.28. The molecule has 0 bridgehead atoms. The quantitative estimate of drug-likeness (QED) is 0.723. The molecular formula is C9H17N3. The molecule has 1 rings (SSSR count). The summed E-state index contributed by atoms with van der Waals surface area (Å²) in [7, 11) is 0. The summed E-state index contributed by atoms with van der Waals surface area (Å²) in [6.45, 7) is 7.65. The Labute approximate surface area is 73.8 Å². The molecule has 1 aromatic rings.